The van der Waals surface area contributed by atoms with E-state index in [9.17, 15) is 4.79 Å². The minimum absolute atomic E-state index is 0. The highest BCUT2D eigenvalue weighted by Gasteiger charge is 2.23. The molecular weight excluding hydrogens is 430 g/mol. The number of aryl methyl sites for hydroxylation is 1. The number of halogens is 1. The SMILES string of the molecule is CCN(CC(=O)N1CCN(Cc2ccc3c(c2)OCO3)CC1)c1ccc(C)c(OC)c1.Cl. The summed E-state index contributed by atoms with van der Waals surface area (Å²) < 4.78 is 16.3. The standard InChI is InChI=1S/C24H31N3O4.ClH/c1-4-26(20-7-5-18(2)22(14-20)29-3)16-24(28)27-11-9-25(10-12-27)15-19-6-8-21-23(13-19)31-17-30-21;/h5-8,13-14H,4,9-12,15-17H2,1-3H3;1H. The molecular formula is C24H32ClN3O4. The van der Waals surface area contributed by atoms with E-state index in [1.807, 2.05) is 30.0 Å². The van der Waals surface area contributed by atoms with Crippen molar-refractivity contribution in [3.63, 3.8) is 0 Å². The molecule has 0 unspecified atom stereocenters. The van der Waals surface area contributed by atoms with Gasteiger partial charge in [0.05, 0.1) is 13.7 Å². The molecule has 0 saturated carbocycles. The first kappa shape index (κ1) is 24.0. The number of anilines is 1. The number of nitrogens with zero attached hydrogens (tertiary/aromatic N) is 3. The number of fused-ring (bicyclic) bond motifs is 1. The van der Waals surface area contributed by atoms with Gasteiger partial charge in [-0.1, -0.05) is 12.1 Å². The Morgan fingerprint density at radius 3 is 2.53 bits per heavy atom. The lowest BCUT2D eigenvalue weighted by atomic mass is 10.1. The van der Waals surface area contributed by atoms with Crippen LogP contribution in [0.1, 0.15) is 18.1 Å². The second-order valence-electron chi connectivity index (χ2n) is 8.01. The molecule has 1 saturated heterocycles. The third-order valence-electron chi connectivity index (χ3n) is 6.03. The van der Waals surface area contributed by atoms with Crippen LogP contribution in [-0.2, 0) is 11.3 Å². The van der Waals surface area contributed by atoms with E-state index in [0.29, 0.717) is 13.3 Å². The number of likely N-dealkylation sites (N-methyl/N-ethyl adjacent to an activating group) is 1. The second-order valence-corrected chi connectivity index (χ2v) is 8.01. The lowest BCUT2D eigenvalue weighted by Crippen LogP contribution is -2.51. The molecule has 1 amide bonds. The Balaban J connectivity index is 0.00000289. The Labute approximate surface area is 196 Å². The number of carbonyl (C=O) groups is 1. The summed E-state index contributed by atoms with van der Waals surface area (Å²) in [5.74, 6) is 2.65. The van der Waals surface area contributed by atoms with E-state index in [4.69, 9.17) is 14.2 Å². The molecule has 2 aliphatic heterocycles. The molecule has 0 N–H and O–H groups in total. The topological polar surface area (TPSA) is 54.5 Å². The molecule has 0 atom stereocenters. The highest BCUT2D eigenvalue weighted by molar-refractivity contribution is 5.85. The van der Waals surface area contributed by atoms with Crippen LogP contribution in [0.25, 0.3) is 0 Å². The van der Waals surface area contributed by atoms with Gasteiger partial charge >= 0.3 is 0 Å². The van der Waals surface area contributed by atoms with Gasteiger partial charge in [-0.2, -0.15) is 0 Å². The maximum absolute atomic E-state index is 13.0. The summed E-state index contributed by atoms with van der Waals surface area (Å²) in [5.41, 5.74) is 3.31. The zero-order chi connectivity index (χ0) is 21.8. The number of benzene rings is 2. The van der Waals surface area contributed by atoms with E-state index >= 15 is 0 Å². The van der Waals surface area contributed by atoms with Crippen molar-refractivity contribution in [1.29, 1.82) is 0 Å². The Kier molecular flexibility index (Phi) is 8.10. The fourth-order valence-corrected chi connectivity index (χ4v) is 4.11. The summed E-state index contributed by atoms with van der Waals surface area (Å²) in [4.78, 5) is 19.4. The van der Waals surface area contributed by atoms with Gasteiger partial charge in [-0.15, -0.1) is 12.4 Å². The van der Waals surface area contributed by atoms with Crippen molar-refractivity contribution in [2.24, 2.45) is 0 Å². The van der Waals surface area contributed by atoms with E-state index in [1.165, 1.54) is 5.56 Å². The predicted molar refractivity (Wildman–Crippen MR) is 127 cm³/mol. The maximum atomic E-state index is 13.0. The van der Waals surface area contributed by atoms with Crippen LogP contribution < -0.4 is 19.1 Å². The third kappa shape index (κ3) is 5.40. The van der Waals surface area contributed by atoms with E-state index in [2.05, 4.69) is 34.9 Å². The van der Waals surface area contributed by atoms with Crippen LogP contribution >= 0.6 is 12.4 Å². The van der Waals surface area contributed by atoms with Crippen LogP contribution in [0.4, 0.5) is 5.69 Å². The van der Waals surface area contributed by atoms with Crippen molar-refractivity contribution in [1.82, 2.24) is 9.80 Å². The molecule has 174 valence electrons. The molecule has 2 aliphatic rings. The number of hydrogen-bond acceptors (Lipinski definition) is 6. The Morgan fingerprint density at radius 1 is 1.06 bits per heavy atom. The first-order valence-electron chi connectivity index (χ1n) is 10.9. The van der Waals surface area contributed by atoms with E-state index in [1.54, 1.807) is 7.11 Å². The Morgan fingerprint density at radius 2 is 1.81 bits per heavy atom. The minimum atomic E-state index is 0. The van der Waals surface area contributed by atoms with Crippen LogP contribution in [0, 0.1) is 6.92 Å². The van der Waals surface area contributed by atoms with Crippen molar-refractivity contribution in [2.45, 2.75) is 20.4 Å². The number of rotatable bonds is 7. The van der Waals surface area contributed by atoms with Crippen LogP contribution in [0.5, 0.6) is 17.2 Å². The zero-order valence-corrected chi connectivity index (χ0v) is 19.8. The molecule has 2 aromatic rings. The Hall–Kier alpha value is -2.64. The number of ether oxygens (including phenoxy) is 3. The lowest BCUT2D eigenvalue weighted by molar-refractivity contribution is -0.131. The fourth-order valence-electron chi connectivity index (χ4n) is 4.11. The summed E-state index contributed by atoms with van der Waals surface area (Å²) in [6.45, 7) is 9.61. The average molecular weight is 462 g/mol. The van der Waals surface area contributed by atoms with Gasteiger partial charge in [0, 0.05) is 51.0 Å². The molecule has 0 aromatic heterocycles. The lowest BCUT2D eigenvalue weighted by Gasteiger charge is -2.36. The first-order chi connectivity index (χ1) is 15.1. The van der Waals surface area contributed by atoms with Crippen molar-refractivity contribution in [2.75, 3.05) is 58.1 Å². The smallest absolute Gasteiger partial charge is 0.242 e. The van der Waals surface area contributed by atoms with Crippen molar-refractivity contribution >= 4 is 24.0 Å². The molecule has 2 aromatic carbocycles. The number of amides is 1. The number of piperazine rings is 1. The van der Waals surface area contributed by atoms with Crippen molar-refractivity contribution in [3.8, 4) is 17.2 Å². The predicted octanol–water partition coefficient (Wildman–Crippen LogP) is 3.32. The van der Waals surface area contributed by atoms with Gasteiger partial charge in [-0.3, -0.25) is 9.69 Å². The molecule has 2 heterocycles. The average Bonchev–Trinajstić information content (AvgIpc) is 3.26. The quantitative estimate of drug-likeness (QED) is 0.630. The van der Waals surface area contributed by atoms with Gasteiger partial charge in [0.2, 0.25) is 12.7 Å². The molecule has 4 rings (SSSR count). The molecule has 32 heavy (non-hydrogen) atoms. The first-order valence-corrected chi connectivity index (χ1v) is 10.9. The van der Waals surface area contributed by atoms with Gasteiger partial charge in [0.1, 0.15) is 5.75 Å². The van der Waals surface area contributed by atoms with E-state index in [0.717, 1.165) is 67.8 Å². The molecule has 7 nitrogen and oxygen atoms in total. The minimum Gasteiger partial charge on any atom is -0.496 e. The van der Waals surface area contributed by atoms with Gasteiger partial charge < -0.3 is 24.0 Å². The van der Waals surface area contributed by atoms with Crippen LogP contribution in [-0.4, -0.2) is 68.9 Å². The summed E-state index contributed by atoms with van der Waals surface area (Å²) in [5, 5.41) is 0. The van der Waals surface area contributed by atoms with Gasteiger partial charge in [-0.05, 0) is 43.2 Å². The highest BCUT2D eigenvalue weighted by Crippen LogP contribution is 2.33. The van der Waals surface area contributed by atoms with Crippen molar-refractivity contribution in [3.05, 3.63) is 47.5 Å². The van der Waals surface area contributed by atoms with Crippen LogP contribution in [0.3, 0.4) is 0 Å². The maximum Gasteiger partial charge on any atom is 0.242 e. The number of methoxy groups -OCH3 is 1. The highest BCUT2D eigenvalue weighted by atomic mass is 35.5. The largest absolute Gasteiger partial charge is 0.496 e. The third-order valence-corrected chi connectivity index (χ3v) is 6.03. The van der Waals surface area contributed by atoms with Crippen LogP contribution in [0.2, 0.25) is 0 Å². The Bertz CT molecular complexity index is 931. The van der Waals surface area contributed by atoms with E-state index < -0.39 is 0 Å². The molecule has 8 heteroatoms. The summed E-state index contributed by atoms with van der Waals surface area (Å²) in [7, 11) is 1.68. The molecule has 1 fully saturated rings. The monoisotopic (exact) mass is 461 g/mol. The van der Waals surface area contributed by atoms with Crippen molar-refractivity contribution < 1.29 is 19.0 Å². The fraction of sp³-hybridized carbons (Fsp3) is 0.458. The van der Waals surface area contributed by atoms with Gasteiger partial charge in [0.15, 0.2) is 11.5 Å². The molecule has 0 radical (unpaired) electrons. The molecule has 0 spiro atoms. The van der Waals surface area contributed by atoms with E-state index in [-0.39, 0.29) is 18.3 Å². The zero-order valence-electron chi connectivity index (χ0n) is 19.0. The normalized spacial score (nSPS) is 15.3. The van der Waals surface area contributed by atoms with Crippen LogP contribution in [0.15, 0.2) is 36.4 Å². The molecule has 0 aliphatic carbocycles. The van der Waals surface area contributed by atoms with Gasteiger partial charge in [0.25, 0.3) is 0 Å². The number of hydrogen-bond donors (Lipinski definition) is 0. The summed E-state index contributed by atoms with van der Waals surface area (Å²) in [6, 6.07) is 12.2. The summed E-state index contributed by atoms with van der Waals surface area (Å²) in [6.07, 6.45) is 0. The second kappa shape index (κ2) is 10.8. The number of carbonyl (C=O) groups excluding carboxylic acids is 1. The molecule has 0 bridgehead atoms. The summed E-state index contributed by atoms with van der Waals surface area (Å²) >= 11 is 0. The van der Waals surface area contributed by atoms with Gasteiger partial charge in [-0.25, -0.2) is 0 Å².